The van der Waals surface area contributed by atoms with Crippen LogP contribution in [-0.4, -0.2) is 59.1 Å². The number of hydrogen-bond donors (Lipinski definition) is 3. The van der Waals surface area contributed by atoms with Gasteiger partial charge in [-0.15, -0.1) is 0 Å². The van der Waals surface area contributed by atoms with Crippen molar-refractivity contribution in [1.82, 2.24) is 0 Å². The molecule has 5 unspecified atom stereocenters. The van der Waals surface area contributed by atoms with Gasteiger partial charge in [-0.25, -0.2) is 0 Å². The van der Waals surface area contributed by atoms with Crippen LogP contribution in [0.4, 0.5) is 0 Å². The fraction of sp³-hybridized carbons (Fsp3) is 1.00. The Hall–Kier alpha value is -0.200. The monoisotopic (exact) mass is 234 g/mol. The van der Waals surface area contributed by atoms with Gasteiger partial charge in [0.25, 0.3) is 0 Å². The molecule has 0 aromatic carbocycles. The van der Waals surface area contributed by atoms with E-state index in [1.54, 1.807) is 6.92 Å². The third-order valence-electron chi connectivity index (χ3n) is 2.92. The van der Waals surface area contributed by atoms with Crippen LogP contribution in [0.2, 0.25) is 0 Å². The molecular formula is C11H22O5. The summed E-state index contributed by atoms with van der Waals surface area (Å²) in [7, 11) is 0. The second-order valence-electron chi connectivity index (χ2n) is 4.59. The Morgan fingerprint density at radius 1 is 1.25 bits per heavy atom. The lowest BCUT2D eigenvalue weighted by atomic mass is 9.90. The van der Waals surface area contributed by atoms with Crippen LogP contribution in [-0.2, 0) is 9.47 Å². The van der Waals surface area contributed by atoms with Gasteiger partial charge in [-0.2, -0.15) is 0 Å². The summed E-state index contributed by atoms with van der Waals surface area (Å²) in [6.07, 6.45) is -3.17. The van der Waals surface area contributed by atoms with E-state index in [-0.39, 0.29) is 31.3 Å². The molecule has 0 amide bonds. The summed E-state index contributed by atoms with van der Waals surface area (Å²) in [6, 6.07) is 0. The summed E-state index contributed by atoms with van der Waals surface area (Å²) in [5.74, 6) is 0.130. The van der Waals surface area contributed by atoms with Gasteiger partial charge in [0.15, 0.2) is 0 Å². The molecule has 1 fully saturated rings. The van der Waals surface area contributed by atoms with Gasteiger partial charge in [0, 0.05) is 0 Å². The second-order valence-corrected chi connectivity index (χ2v) is 4.59. The van der Waals surface area contributed by atoms with Gasteiger partial charge >= 0.3 is 0 Å². The lowest BCUT2D eigenvalue weighted by Crippen LogP contribution is -2.59. The molecule has 0 aromatic heterocycles. The Balaban J connectivity index is 2.64. The third kappa shape index (κ3) is 2.93. The topological polar surface area (TPSA) is 79.2 Å². The van der Waals surface area contributed by atoms with Gasteiger partial charge in [-0.3, -0.25) is 0 Å². The van der Waals surface area contributed by atoms with E-state index in [0.717, 1.165) is 0 Å². The summed E-state index contributed by atoms with van der Waals surface area (Å²) in [5, 5.41) is 28.5. The highest BCUT2D eigenvalue weighted by Gasteiger charge is 2.44. The molecule has 5 atom stereocenters. The van der Waals surface area contributed by atoms with Crippen LogP contribution in [0, 0.1) is 5.92 Å². The van der Waals surface area contributed by atoms with Crippen molar-refractivity contribution in [3.8, 4) is 0 Å². The Bertz CT molecular complexity index is 209. The van der Waals surface area contributed by atoms with Crippen molar-refractivity contribution in [2.45, 2.75) is 51.3 Å². The van der Waals surface area contributed by atoms with Gasteiger partial charge in [0.05, 0.1) is 25.4 Å². The molecule has 0 bridgehead atoms. The number of rotatable bonds is 4. The Morgan fingerprint density at radius 3 is 2.38 bits per heavy atom. The standard InChI is InChI=1S/C11H22O5/c1-6(2)10-8(13)9(14)11(7(3)16-10)15-5-4-12/h6-14H,4-5H2,1-3H3. The minimum Gasteiger partial charge on any atom is -0.394 e. The van der Waals surface area contributed by atoms with E-state index in [1.165, 1.54) is 0 Å². The normalized spacial score (nSPS) is 40.3. The molecule has 16 heavy (non-hydrogen) atoms. The lowest BCUT2D eigenvalue weighted by molar-refractivity contribution is -0.240. The van der Waals surface area contributed by atoms with E-state index in [2.05, 4.69) is 0 Å². The molecule has 5 nitrogen and oxygen atoms in total. The summed E-state index contributed by atoms with van der Waals surface area (Å²) in [5.41, 5.74) is 0. The maximum absolute atomic E-state index is 9.92. The molecule has 0 saturated carbocycles. The predicted octanol–water partition coefficient (Wildman–Crippen LogP) is -0.471. The van der Waals surface area contributed by atoms with Crippen LogP contribution < -0.4 is 0 Å². The smallest absolute Gasteiger partial charge is 0.112 e. The average Bonchev–Trinajstić information content (AvgIpc) is 2.23. The van der Waals surface area contributed by atoms with Gasteiger partial charge in [-0.05, 0) is 12.8 Å². The molecule has 0 radical (unpaired) electrons. The van der Waals surface area contributed by atoms with Crippen molar-refractivity contribution in [2.24, 2.45) is 5.92 Å². The molecule has 1 aliphatic rings. The largest absolute Gasteiger partial charge is 0.394 e. The van der Waals surface area contributed by atoms with E-state index in [1.807, 2.05) is 13.8 Å². The van der Waals surface area contributed by atoms with Gasteiger partial charge in [-0.1, -0.05) is 13.8 Å². The number of aliphatic hydroxyl groups is 3. The van der Waals surface area contributed by atoms with Crippen molar-refractivity contribution in [2.75, 3.05) is 13.2 Å². The molecule has 0 spiro atoms. The van der Waals surface area contributed by atoms with Crippen LogP contribution in [0.3, 0.4) is 0 Å². The van der Waals surface area contributed by atoms with Crippen molar-refractivity contribution in [3.05, 3.63) is 0 Å². The highest BCUT2D eigenvalue weighted by atomic mass is 16.6. The minimum absolute atomic E-state index is 0.111. The summed E-state index contributed by atoms with van der Waals surface area (Å²) in [4.78, 5) is 0. The fourth-order valence-electron chi connectivity index (χ4n) is 2.05. The average molecular weight is 234 g/mol. The second kappa shape index (κ2) is 5.93. The first-order chi connectivity index (χ1) is 7.49. The SMILES string of the molecule is CC(C)C1OC(C)C(OCCO)C(O)C1O. The van der Waals surface area contributed by atoms with Crippen molar-refractivity contribution in [3.63, 3.8) is 0 Å². The molecule has 3 N–H and O–H groups in total. The lowest BCUT2D eigenvalue weighted by Gasteiger charge is -2.43. The van der Waals surface area contributed by atoms with Crippen LogP contribution in [0.15, 0.2) is 0 Å². The molecule has 1 heterocycles. The zero-order chi connectivity index (χ0) is 12.3. The molecule has 0 aromatic rings. The van der Waals surface area contributed by atoms with E-state index in [0.29, 0.717) is 0 Å². The zero-order valence-electron chi connectivity index (χ0n) is 10.0. The molecule has 5 heteroatoms. The van der Waals surface area contributed by atoms with Crippen molar-refractivity contribution < 1.29 is 24.8 Å². The number of ether oxygens (including phenoxy) is 2. The molecule has 1 rings (SSSR count). The Morgan fingerprint density at radius 2 is 1.88 bits per heavy atom. The van der Waals surface area contributed by atoms with E-state index in [9.17, 15) is 10.2 Å². The van der Waals surface area contributed by atoms with Crippen molar-refractivity contribution in [1.29, 1.82) is 0 Å². The van der Waals surface area contributed by atoms with Crippen molar-refractivity contribution >= 4 is 0 Å². The fourth-order valence-corrected chi connectivity index (χ4v) is 2.05. The van der Waals surface area contributed by atoms with Crippen LogP contribution in [0.25, 0.3) is 0 Å². The Labute approximate surface area is 96.0 Å². The van der Waals surface area contributed by atoms with E-state index >= 15 is 0 Å². The molecule has 1 saturated heterocycles. The van der Waals surface area contributed by atoms with Gasteiger partial charge in [0.2, 0.25) is 0 Å². The van der Waals surface area contributed by atoms with E-state index < -0.39 is 18.3 Å². The first-order valence-corrected chi connectivity index (χ1v) is 5.73. The summed E-state index contributed by atoms with van der Waals surface area (Å²) < 4.78 is 10.9. The van der Waals surface area contributed by atoms with Crippen LogP contribution in [0.5, 0.6) is 0 Å². The van der Waals surface area contributed by atoms with E-state index in [4.69, 9.17) is 14.6 Å². The Kier molecular flexibility index (Phi) is 5.14. The summed E-state index contributed by atoms with van der Waals surface area (Å²) in [6.45, 7) is 5.69. The summed E-state index contributed by atoms with van der Waals surface area (Å²) >= 11 is 0. The first-order valence-electron chi connectivity index (χ1n) is 5.73. The highest BCUT2D eigenvalue weighted by molar-refractivity contribution is 4.92. The number of hydrogen-bond acceptors (Lipinski definition) is 5. The number of aliphatic hydroxyl groups excluding tert-OH is 3. The molecule has 96 valence electrons. The van der Waals surface area contributed by atoms with Gasteiger partial charge < -0.3 is 24.8 Å². The maximum atomic E-state index is 9.92. The minimum atomic E-state index is -0.970. The third-order valence-corrected chi connectivity index (χ3v) is 2.92. The highest BCUT2D eigenvalue weighted by Crippen LogP contribution is 2.27. The first kappa shape index (κ1) is 13.9. The molecular weight excluding hydrogens is 212 g/mol. The predicted molar refractivity (Wildman–Crippen MR) is 58.0 cm³/mol. The van der Waals surface area contributed by atoms with Gasteiger partial charge in [0.1, 0.15) is 18.3 Å². The zero-order valence-corrected chi connectivity index (χ0v) is 10.0. The van der Waals surface area contributed by atoms with Crippen LogP contribution >= 0.6 is 0 Å². The van der Waals surface area contributed by atoms with Crippen LogP contribution in [0.1, 0.15) is 20.8 Å². The maximum Gasteiger partial charge on any atom is 0.112 e. The quantitative estimate of drug-likeness (QED) is 0.613. The molecule has 0 aliphatic carbocycles. The molecule has 1 aliphatic heterocycles.